The lowest BCUT2D eigenvalue weighted by Gasteiger charge is -2.41. The van der Waals surface area contributed by atoms with E-state index >= 15 is 0 Å². The Morgan fingerprint density at radius 3 is 2.14 bits per heavy atom. The first-order chi connectivity index (χ1) is 17.2. The number of nitrogens with zero attached hydrogens (tertiary/aromatic N) is 3. The van der Waals surface area contributed by atoms with Gasteiger partial charge in [0.1, 0.15) is 5.41 Å². The summed E-state index contributed by atoms with van der Waals surface area (Å²) in [6.45, 7) is 2.55. The Hall–Kier alpha value is -3.21. The number of carbonyl (C=O) groups excluding carboxylic acids is 3. The molecule has 36 heavy (non-hydrogen) atoms. The predicted octanol–water partition coefficient (Wildman–Crippen LogP) is 1.04. The largest absolute Gasteiger partial charge is 0.468 e. The van der Waals surface area contributed by atoms with Gasteiger partial charge in [-0.15, -0.1) is 0 Å². The molecule has 3 atom stereocenters. The quantitative estimate of drug-likeness (QED) is 0.221. The molecule has 2 heterocycles. The predicted molar refractivity (Wildman–Crippen MR) is 135 cm³/mol. The Labute approximate surface area is 212 Å². The number of hydrogen-bond acceptors (Lipinski definition) is 10. The molecule has 0 aliphatic heterocycles. The average Bonchev–Trinajstić information content (AvgIpc) is 2.89. The van der Waals surface area contributed by atoms with Gasteiger partial charge in [0, 0.05) is 44.1 Å². The second kappa shape index (κ2) is 13.2. The van der Waals surface area contributed by atoms with Gasteiger partial charge in [0.2, 0.25) is 0 Å². The van der Waals surface area contributed by atoms with Gasteiger partial charge in [0.05, 0.1) is 26.0 Å². The molecule has 2 unspecified atom stereocenters. The van der Waals surface area contributed by atoms with E-state index in [1.54, 1.807) is 55.8 Å². The van der Waals surface area contributed by atoms with Crippen LogP contribution in [0.3, 0.4) is 0 Å². The molecular weight excluding hydrogens is 462 g/mol. The molecule has 0 spiro atoms. The van der Waals surface area contributed by atoms with Crippen LogP contribution in [0.1, 0.15) is 24.4 Å². The van der Waals surface area contributed by atoms with E-state index in [0.29, 0.717) is 24.5 Å². The van der Waals surface area contributed by atoms with Crippen molar-refractivity contribution in [3.05, 3.63) is 60.2 Å². The van der Waals surface area contributed by atoms with E-state index in [4.69, 9.17) is 9.47 Å². The van der Waals surface area contributed by atoms with Crippen LogP contribution in [0.25, 0.3) is 0 Å². The van der Waals surface area contributed by atoms with Gasteiger partial charge < -0.3 is 25.0 Å². The van der Waals surface area contributed by atoms with Crippen LogP contribution in [0.2, 0.25) is 0 Å². The van der Waals surface area contributed by atoms with Crippen molar-refractivity contribution in [2.24, 2.45) is 10.8 Å². The Morgan fingerprint density at radius 2 is 1.64 bits per heavy atom. The smallest absolute Gasteiger partial charge is 0.322 e. The number of rotatable bonds is 14. The highest BCUT2D eigenvalue weighted by atomic mass is 16.5. The summed E-state index contributed by atoms with van der Waals surface area (Å²) in [6, 6.07) is 9.56. The summed E-state index contributed by atoms with van der Waals surface area (Å²) in [4.78, 5) is 52.2. The number of Topliss-reactive ketones (excluding diaryl/α,β-unsaturated/α-hetero) is 1. The monoisotopic (exact) mass is 499 g/mol. The summed E-state index contributed by atoms with van der Waals surface area (Å²) in [6.07, 6.45) is 3.10. The molecule has 2 aromatic heterocycles. The van der Waals surface area contributed by atoms with Crippen molar-refractivity contribution in [2.45, 2.75) is 19.4 Å². The number of likely N-dealkylation sites (N-methyl/N-ethyl adjacent to an activating group) is 1. The van der Waals surface area contributed by atoms with E-state index in [2.05, 4.69) is 20.6 Å². The van der Waals surface area contributed by atoms with Gasteiger partial charge >= 0.3 is 11.9 Å². The molecule has 0 saturated heterocycles. The average molecular weight is 500 g/mol. The first kappa shape index (κ1) is 29.0. The first-order valence-electron chi connectivity index (χ1n) is 11.7. The van der Waals surface area contributed by atoms with Crippen molar-refractivity contribution in [1.82, 2.24) is 25.5 Å². The normalized spacial score (nSPS) is 15.4. The molecule has 10 nitrogen and oxygen atoms in total. The molecule has 196 valence electrons. The molecular formula is C26H37N5O5. The van der Waals surface area contributed by atoms with Crippen molar-refractivity contribution in [3.8, 4) is 0 Å². The van der Waals surface area contributed by atoms with Gasteiger partial charge in [0.15, 0.2) is 11.2 Å². The van der Waals surface area contributed by atoms with Crippen molar-refractivity contribution in [3.63, 3.8) is 0 Å². The minimum atomic E-state index is -1.86. The molecule has 2 aromatic rings. The van der Waals surface area contributed by atoms with Gasteiger partial charge in [-0.3, -0.25) is 24.4 Å². The highest BCUT2D eigenvalue weighted by Crippen LogP contribution is 2.42. The van der Waals surface area contributed by atoms with Crippen LogP contribution < -0.4 is 10.6 Å². The van der Waals surface area contributed by atoms with Crippen LogP contribution in [-0.4, -0.2) is 87.6 Å². The number of ketones is 1. The summed E-state index contributed by atoms with van der Waals surface area (Å²) in [5, 5.41) is 6.33. The summed E-state index contributed by atoms with van der Waals surface area (Å²) < 4.78 is 10.3. The number of carbonyl (C=O) groups is 3. The maximum Gasteiger partial charge on any atom is 0.322 e. The molecule has 0 radical (unpaired) electrons. The lowest BCUT2D eigenvalue weighted by Crippen LogP contribution is -2.61. The van der Waals surface area contributed by atoms with Crippen LogP contribution in [0, 0.1) is 10.8 Å². The van der Waals surface area contributed by atoms with Crippen molar-refractivity contribution in [1.29, 1.82) is 0 Å². The zero-order chi connectivity index (χ0) is 26.8. The van der Waals surface area contributed by atoms with E-state index < -0.39 is 34.6 Å². The summed E-state index contributed by atoms with van der Waals surface area (Å²) in [5.41, 5.74) is -2.64. The maximum atomic E-state index is 14.6. The van der Waals surface area contributed by atoms with Crippen LogP contribution >= 0.6 is 0 Å². The molecule has 0 aromatic carbocycles. The van der Waals surface area contributed by atoms with Crippen molar-refractivity contribution >= 4 is 17.7 Å². The van der Waals surface area contributed by atoms with Gasteiger partial charge in [-0.25, -0.2) is 0 Å². The SMILES string of the molecule is CN[C@@H](c1ccccn1)C(CNCCN(C)C)(C(=O)OC)C(=O)C(C)(Cc1ccccn1)C(=O)OC. The lowest BCUT2D eigenvalue weighted by atomic mass is 9.64. The third-order valence-corrected chi connectivity index (χ3v) is 6.26. The van der Waals surface area contributed by atoms with Gasteiger partial charge in [0.25, 0.3) is 0 Å². The highest BCUT2D eigenvalue weighted by Gasteiger charge is 2.61. The van der Waals surface area contributed by atoms with Crippen molar-refractivity contribution < 1.29 is 23.9 Å². The van der Waals surface area contributed by atoms with E-state index in [-0.39, 0.29) is 13.0 Å². The molecule has 2 N–H and O–H groups in total. The number of ether oxygens (including phenoxy) is 2. The summed E-state index contributed by atoms with van der Waals surface area (Å²) >= 11 is 0. The van der Waals surface area contributed by atoms with E-state index in [1.807, 2.05) is 19.0 Å². The standard InChI is InChI=1S/C26H37N5O5/c1-25(23(33)35-5,17-19-11-7-9-13-29-19)22(32)26(24(34)36-6,18-28-15-16-31(3)4)21(27-2)20-12-8-10-14-30-20/h7-14,21,27-28H,15-18H2,1-6H3/t21-,25?,26?/m0/s1. The fourth-order valence-corrected chi connectivity index (χ4v) is 4.39. The van der Waals surface area contributed by atoms with E-state index in [9.17, 15) is 14.4 Å². The van der Waals surface area contributed by atoms with Crippen LogP contribution in [0.5, 0.6) is 0 Å². The molecule has 0 amide bonds. The zero-order valence-corrected chi connectivity index (χ0v) is 21.9. The second-order valence-corrected chi connectivity index (χ2v) is 9.07. The van der Waals surface area contributed by atoms with Crippen LogP contribution in [0.4, 0.5) is 0 Å². The molecule has 2 rings (SSSR count). The number of pyridine rings is 2. The summed E-state index contributed by atoms with van der Waals surface area (Å²) in [7, 11) is 7.93. The fraction of sp³-hybridized carbons (Fsp3) is 0.500. The molecule has 0 aliphatic carbocycles. The third kappa shape index (κ3) is 6.31. The second-order valence-electron chi connectivity index (χ2n) is 9.07. The number of nitrogens with one attached hydrogen (secondary N) is 2. The molecule has 0 aliphatic rings. The maximum absolute atomic E-state index is 14.6. The first-order valence-corrected chi connectivity index (χ1v) is 11.7. The number of esters is 2. The Morgan fingerprint density at radius 1 is 1.00 bits per heavy atom. The van der Waals surface area contributed by atoms with E-state index in [0.717, 1.165) is 0 Å². The molecule has 0 saturated carbocycles. The van der Waals surface area contributed by atoms with Crippen LogP contribution in [-0.2, 0) is 30.3 Å². The highest BCUT2D eigenvalue weighted by molar-refractivity contribution is 6.15. The number of aromatic nitrogens is 2. The van der Waals surface area contributed by atoms with Crippen LogP contribution in [0.15, 0.2) is 48.8 Å². The zero-order valence-electron chi connectivity index (χ0n) is 21.9. The molecule has 0 fully saturated rings. The minimum absolute atomic E-state index is 0.0611. The number of hydrogen-bond donors (Lipinski definition) is 2. The molecule has 10 heteroatoms. The third-order valence-electron chi connectivity index (χ3n) is 6.26. The lowest BCUT2D eigenvalue weighted by molar-refractivity contribution is -0.170. The van der Waals surface area contributed by atoms with E-state index in [1.165, 1.54) is 21.1 Å². The van der Waals surface area contributed by atoms with Gasteiger partial charge in [-0.2, -0.15) is 0 Å². The fourth-order valence-electron chi connectivity index (χ4n) is 4.39. The Kier molecular flexibility index (Phi) is 10.6. The minimum Gasteiger partial charge on any atom is -0.468 e. The Balaban J connectivity index is 2.72. The topological polar surface area (TPSA) is 123 Å². The Bertz CT molecular complexity index is 1000. The summed E-state index contributed by atoms with van der Waals surface area (Å²) in [5.74, 6) is -2.21. The molecule has 0 bridgehead atoms. The van der Waals surface area contributed by atoms with Gasteiger partial charge in [-0.1, -0.05) is 12.1 Å². The number of methoxy groups -OCH3 is 2. The van der Waals surface area contributed by atoms with Gasteiger partial charge in [-0.05, 0) is 52.3 Å². The van der Waals surface area contributed by atoms with Crippen molar-refractivity contribution in [2.75, 3.05) is 55.0 Å².